The van der Waals surface area contributed by atoms with Gasteiger partial charge in [0.25, 0.3) is 0 Å². The van der Waals surface area contributed by atoms with Gasteiger partial charge < -0.3 is 13.3 Å². The first-order chi connectivity index (χ1) is 13.4. The smallest absolute Gasteiger partial charge is 0.311 e. The van der Waals surface area contributed by atoms with E-state index in [9.17, 15) is 4.79 Å². The Balaban J connectivity index is -0.00000131. The van der Waals surface area contributed by atoms with E-state index in [-0.39, 0.29) is 22.3 Å². The summed E-state index contributed by atoms with van der Waals surface area (Å²) >= 11 is 0. The van der Waals surface area contributed by atoms with Gasteiger partial charge in [0.05, 0.1) is 0 Å². The highest BCUT2D eigenvalue weighted by Crippen LogP contribution is 2.27. The lowest BCUT2D eigenvalue weighted by Crippen LogP contribution is -2.52. The molecule has 0 aliphatic heterocycles. The SMILES string of the molecule is C.C.C.CCCC[Si](C)(C)O[Si](C)(C)O[Si](C)(C)CCCCCCCCCCCC(=O)O. The quantitative estimate of drug-likeness (QED) is 0.139. The van der Waals surface area contributed by atoms with Crippen molar-refractivity contribution in [2.24, 2.45) is 0 Å². The molecule has 198 valence electrons. The van der Waals surface area contributed by atoms with Gasteiger partial charge in [-0.15, -0.1) is 0 Å². The van der Waals surface area contributed by atoms with Crippen LogP contribution in [0.3, 0.4) is 0 Å². The molecule has 0 aromatic heterocycles. The first-order valence-electron chi connectivity index (χ1n) is 12.0. The van der Waals surface area contributed by atoms with Crippen LogP contribution in [0.15, 0.2) is 0 Å². The van der Waals surface area contributed by atoms with E-state index < -0.39 is 31.2 Å². The van der Waals surface area contributed by atoms with Crippen LogP contribution in [0.5, 0.6) is 0 Å². The van der Waals surface area contributed by atoms with Crippen molar-refractivity contribution in [3.05, 3.63) is 0 Å². The third-order valence-electron chi connectivity index (χ3n) is 5.35. The number of hydrogen-bond donors (Lipinski definition) is 1. The molecule has 0 spiro atoms. The average molecular weight is 511 g/mol. The fourth-order valence-electron chi connectivity index (χ4n) is 4.12. The minimum atomic E-state index is -2.04. The van der Waals surface area contributed by atoms with Crippen molar-refractivity contribution in [2.75, 3.05) is 0 Å². The number of unbranched alkanes of at least 4 members (excludes halogenated alkanes) is 9. The van der Waals surface area contributed by atoms with Gasteiger partial charge >= 0.3 is 14.5 Å². The van der Waals surface area contributed by atoms with Gasteiger partial charge in [0.1, 0.15) is 0 Å². The summed E-state index contributed by atoms with van der Waals surface area (Å²) in [5, 5.41) is 8.63. The molecule has 0 radical (unpaired) electrons. The Labute approximate surface area is 206 Å². The Morgan fingerprint density at radius 2 is 0.969 bits per heavy atom. The molecule has 32 heavy (non-hydrogen) atoms. The molecular formula is C25H62O4Si3. The zero-order chi connectivity index (χ0) is 22.4. The maximum Gasteiger partial charge on any atom is 0.311 e. The molecule has 0 amide bonds. The first-order valence-corrected chi connectivity index (χ1v) is 21.1. The van der Waals surface area contributed by atoms with E-state index in [2.05, 4.69) is 46.2 Å². The normalized spacial score (nSPS) is 11.8. The molecule has 0 bridgehead atoms. The molecule has 7 heteroatoms. The van der Waals surface area contributed by atoms with Gasteiger partial charge in [-0.05, 0) is 57.8 Å². The van der Waals surface area contributed by atoms with Crippen molar-refractivity contribution in [2.45, 2.75) is 158 Å². The second kappa shape index (κ2) is 20.4. The van der Waals surface area contributed by atoms with Crippen molar-refractivity contribution >= 4 is 31.2 Å². The van der Waals surface area contributed by atoms with E-state index in [4.69, 9.17) is 13.3 Å². The first kappa shape index (κ1) is 39.3. The summed E-state index contributed by atoms with van der Waals surface area (Å²) in [6, 6.07) is 2.48. The monoisotopic (exact) mass is 510 g/mol. The molecule has 0 heterocycles. The van der Waals surface area contributed by atoms with E-state index in [1.807, 2.05) is 0 Å². The van der Waals surface area contributed by atoms with E-state index in [0.717, 1.165) is 12.8 Å². The van der Waals surface area contributed by atoms with Crippen LogP contribution >= 0.6 is 0 Å². The van der Waals surface area contributed by atoms with Crippen molar-refractivity contribution in [3.63, 3.8) is 0 Å². The Morgan fingerprint density at radius 1 is 0.625 bits per heavy atom. The number of carboxylic acid groups (broad SMARTS) is 1. The number of carbonyl (C=O) groups is 1. The minimum absolute atomic E-state index is 0. The second-order valence-corrected chi connectivity index (χ2v) is 22.8. The van der Waals surface area contributed by atoms with Crippen LogP contribution in [0.2, 0.25) is 51.4 Å². The van der Waals surface area contributed by atoms with Crippen molar-refractivity contribution in [3.8, 4) is 0 Å². The van der Waals surface area contributed by atoms with Crippen LogP contribution in [0.1, 0.15) is 106 Å². The van der Waals surface area contributed by atoms with E-state index in [0.29, 0.717) is 6.42 Å². The molecule has 0 fully saturated rings. The van der Waals surface area contributed by atoms with Crippen LogP contribution in [-0.4, -0.2) is 36.3 Å². The predicted octanol–water partition coefficient (Wildman–Crippen LogP) is 9.83. The molecule has 0 saturated heterocycles. The molecule has 4 nitrogen and oxygen atoms in total. The van der Waals surface area contributed by atoms with Gasteiger partial charge in [0, 0.05) is 6.42 Å². The molecule has 0 aliphatic carbocycles. The number of hydrogen-bond acceptors (Lipinski definition) is 3. The number of rotatable bonds is 19. The molecular weight excluding hydrogens is 449 g/mol. The fraction of sp³-hybridized carbons (Fsp3) is 0.960. The lowest BCUT2D eigenvalue weighted by atomic mass is 10.1. The fourth-order valence-corrected chi connectivity index (χ4v) is 18.4. The summed E-state index contributed by atoms with van der Waals surface area (Å²) in [4.78, 5) is 10.5. The Hall–Kier alpha value is 0.0406. The van der Waals surface area contributed by atoms with E-state index in [1.54, 1.807) is 0 Å². The Bertz CT molecular complexity index is 441. The predicted molar refractivity (Wildman–Crippen MR) is 153 cm³/mol. The Morgan fingerprint density at radius 3 is 1.34 bits per heavy atom. The zero-order valence-electron chi connectivity index (χ0n) is 20.6. The number of carboxylic acids is 1. The zero-order valence-corrected chi connectivity index (χ0v) is 23.6. The molecule has 0 saturated carbocycles. The van der Waals surface area contributed by atoms with E-state index >= 15 is 0 Å². The van der Waals surface area contributed by atoms with Crippen LogP contribution in [-0.2, 0) is 13.0 Å². The van der Waals surface area contributed by atoms with E-state index in [1.165, 1.54) is 69.9 Å². The standard InChI is InChI=1S/C22H50O4Si3.3CH4/c1-8-9-20-27(2,3)25-29(6,7)26-28(4,5)21-18-16-14-12-10-11-13-15-17-19-22(23)24;;;/h8-21H2,1-7H3,(H,23,24);3*1H4. The summed E-state index contributed by atoms with van der Waals surface area (Å²) < 4.78 is 13.3. The molecule has 1 N–H and O–H groups in total. The molecule has 0 aromatic rings. The van der Waals surface area contributed by atoms with Crippen LogP contribution in [0.4, 0.5) is 0 Å². The number of aliphatic carboxylic acids is 1. The summed E-state index contributed by atoms with van der Waals surface area (Å²) in [5.41, 5.74) is 0. The molecule has 0 rings (SSSR count). The third kappa shape index (κ3) is 24.7. The van der Waals surface area contributed by atoms with Gasteiger partial charge in [0.15, 0.2) is 16.6 Å². The van der Waals surface area contributed by atoms with Crippen molar-refractivity contribution in [1.82, 2.24) is 0 Å². The highest BCUT2D eigenvalue weighted by molar-refractivity contribution is 6.87. The molecule has 0 unspecified atom stereocenters. The summed E-state index contributed by atoms with van der Waals surface area (Å²) in [6.45, 7) is 16.2. The van der Waals surface area contributed by atoms with Gasteiger partial charge in [0.2, 0.25) is 0 Å². The maximum atomic E-state index is 10.5. The third-order valence-corrected chi connectivity index (χ3v) is 16.8. The van der Waals surface area contributed by atoms with Gasteiger partial charge in [-0.25, -0.2) is 0 Å². The summed E-state index contributed by atoms with van der Waals surface area (Å²) in [5.74, 6) is -0.666. The van der Waals surface area contributed by atoms with Crippen molar-refractivity contribution in [1.29, 1.82) is 0 Å². The average Bonchev–Trinajstić information content (AvgIpc) is 2.55. The van der Waals surface area contributed by atoms with Crippen LogP contribution in [0.25, 0.3) is 0 Å². The summed E-state index contributed by atoms with van der Waals surface area (Å²) in [7, 11) is -5.30. The van der Waals surface area contributed by atoms with Crippen molar-refractivity contribution < 1.29 is 18.1 Å². The van der Waals surface area contributed by atoms with Gasteiger partial charge in [-0.1, -0.05) is 93.4 Å². The van der Waals surface area contributed by atoms with Gasteiger partial charge in [-0.3, -0.25) is 4.79 Å². The molecule has 0 aliphatic rings. The lowest BCUT2D eigenvalue weighted by molar-refractivity contribution is -0.137. The minimum Gasteiger partial charge on any atom is -0.481 e. The largest absolute Gasteiger partial charge is 0.481 e. The Kier molecular flexibility index (Phi) is 25.1. The molecule has 0 atom stereocenters. The maximum absolute atomic E-state index is 10.5. The second-order valence-electron chi connectivity index (χ2n) is 10.3. The van der Waals surface area contributed by atoms with Crippen LogP contribution < -0.4 is 0 Å². The molecule has 0 aromatic carbocycles. The lowest BCUT2D eigenvalue weighted by Gasteiger charge is -2.38. The van der Waals surface area contributed by atoms with Gasteiger partial charge in [-0.2, -0.15) is 0 Å². The topological polar surface area (TPSA) is 55.8 Å². The van der Waals surface area contributed by atoms with Crippen LogP contribution in [0, 0.1) is 0 Å². The summed E-state index contributed by atoms with van der Waals surface area (Å²) in [6.07, 6.45) is 13.6. The highest BCUT2D eigenvalue weighted by atomic mass is 28.5. The highest BCUT2D eigenvalue weighted by Gasteiger charge is 2.39.